The second-order valence-corrected chi connectivity index (χ2v) is 15.6. The van der Waals surface area contributed by atoms with Crippen LogP contribution in [-0.4, -0.2) is 44.3 Å². The molecule has 0 amide bonds. The number of rotatable bonds is 4. The molecule has 0 fully saturated rings. The van der Waals surface area contributed by atoms with Gasteiger partial charge in [0, 0.05) is 0 Å². The largest absolute Gasteiger partial charge is 0.481 e. The Morgan fingerprint density at radius 2 is 0.762 bits per heavy atom. The second kappa shape index (κ2) is 9.41. The molecule has 0 radical (unpaired) electrons. The third kappa shape index (κ3) is 4.24. The molecule has 8 heteroatoms. The van der Waals surface area contributed by atoms with Crippen LogP contribution in [0.4, 0.5) is 0 Å². The summed E-state index contributed by atoms with van der Waals surface area (Å²) in [5.74, 6) is -6.66. The first-order valence-corrected chi connectivity index (χ1v) is 14.0. The van der Waals surface area contributed by atoms with Crippen molar-refractivity contribution in [1.29, 1.82) is 0 Å². The molecule has 2 unspecified atom stereocenters. The van der Waals surface area contributed by atoms with Crippen molar-refractivity contribution in [2.75, 3.05) is 0 Å². The number of aliphatic carboxylic acids is 4. The van der Waals surface area contributed by atoms with Gasteiger partial charge in [-0.15, -0.1) is 0 Å². The van der Waals surface area contributed by atoms with Crippen LogP contribution in [0.25, 0.3) is 21.9 Å². The molecular formula is C34H44O8. The summed E-state index contributed by atoms with van der Waals surface area (Å²) in [6.45, 7) is 21.1. The van der Waals surface area contributed by atoms with Gasteiger partial charge in [0.2, 0.25) is 0 Å². The number of benzene rings is 2. The van der Waals surface area contributed by atoms with Gasteiger partial charge in [0.25, 0.3) is 0 Å². The number of carbonyl (C=O) groups is 4. The fourth-order valence-corrected chi connectivity index (χ4v) is 7.39. The zero-order valence-electron chi connectivity index (χ0n) is 26.7. The monoisotopic (exact) mass is 580 g/mol. The summed E-state index contributed by atoms with van der Waals surface area (Å²) in [4.78, 5) is 53.9. The van der Waals surface area contributed by atoms with Gasteiger partial charge in [0.15, 0.2) is 0 Å². The topological polar surface area (TPSA) is 149 Å². The molecular weight excluding hydrogens is 536 g/mol. The van der Waals surface area contributed by atoms with E-state index in [-0.39, 0.29) is 21.3 Å². The molecule has 228 valence electrons. The van der Waals surface area contributed by atoms with E-state index in [1.54, 1.807) is 0 Å². The van der Waals surface area contributed by atoms with Crippen molar-refractivity contribution in [3.63, 3.8) is 0 Å². The van der Waals surface area contributed by atoms with Crippen molar-refractivity contribution in [1.82, 2.24) is 0 Å². The molecule has 42 heavy (non-hydrogen) atoms. The maximum Gasteiger partial charge on any atom is 0.333 e. The average Bonchev–Trinajstić information content (AvgIpc) is 2.76. The number of carboxylic acids is 4. The Labute approximate surface area is 246 Å². The lowest BCUT2D eigenvalue weighted by molar-refractivity contribution is -0.184. The van der Waals surface area contributed by atoms with Crippen LogP contribution in [0.5, 0.6) is 0 Å². The van der Waals surface area contributed by atoms with Crippen LogP contribution in [0, 0.1) is 21.7 Å². The Bertz CT molecular complexity index is 1540. The summed E-state index contributed by atoms with van der Waals surface area (Å²) in [7, 11) is 0. The smallest absolute Gasteiger partial charge is 0.333 e. The molecule has 1 aliphatic rings. The third-order valence-electron chi connectivity index (χ3n) is 8.90. The van der Waals surface area contributed by atoms with E-state index in [9.17, 15) is 39.6 Å². The molecule has 2 atom stereocenters. The van der Waals surface area contributed by atoms with Crippen molar-refractivity contribution >= 4 is 45.8 Å². The highest BCUT2D eigenvalue weighted by Gasteiger charge is 2.77. The van der Waals surface area contributed by atoms with E-state index >= 15 is 0 Å². The molecule has 8 nitrogen and oxygen atoms in total. The van der Waals surface area contributed by atoms with Crippen LogP contribution in [0.1, 0.15) is 94.2 Å². The van der Waals surface area contributed by atoms with Crippen LogP contribution in [0.2, 0.25) is 0 Å². The van der Waals surface area contributed by atoms with Gasteiger partial charge in [-0.3, -0.25) is 9.59 Å². The van der Waals surface area contributed by atoms with Crippen LogP contribution >= 0.6 is 0 Å². The lowest BCUT2D eigenvalue weighted by Crippen LogP contribution is -2.71. The summed E-state index contributed by atoms with van der Waals surface area (Å²) < 4.78 is 0. The number of fused-ring (bicyclic) bond motifs is 2. The molecule has 1 aliphatic carbocycles. The summed E-state index contributed by atoms with van der Waals surface area (Å²) >= 11 is 0. The second-order valence-electron chi connectivity index (χ2n) is 15.6. The van der Waals surface area contributed by atoms with Gasteiger partial charge < -0.3 is 20.4 Å². The van der Waals surface area contributed by atoms with E-state index in [1.165, 1.54) is 53.7 Å². The first kappa shape index (κ1) is 32.8. The zero-order valence-corrected chi connectivity index (χ0v) is 26.7. The highest BCUT2D eigenvalue weighted by molar-refractivity contribution is 6.27. The molecule has 0 spiro atoms. The summed E-state index contributed by atoms with van der Waals surface area (Å²) in [5, 5.41) is 44.7. The minimum absolute atomic E-state index is 0.103. The quantitative estimate of drug-likeness (QED) is 0.388. The third-order valence-corrected chi connectivity index (χ3v) is 8.90. The molecule has 0 saturated carbocycles. The summed E-state index contributed by atoms with van der Waals surface area (Å²) in [5.41, 5.74) is -8.39. The maximum absolute atomic E-state index is 13.6. The van der Waals surface area contributed by atoms with Crippen LogP contribution in [-0.2, 0) is 30.0 Å². The molecule has 4 N–H and O–H groups in total. The average molecular weight is 581 g/mol. The fraction of sp³-hybridized carbons (Fsp3) is 0.529. The Hall–Kier alpha value is -3.68. The molecule has 0 heterocycles. The van der Waals surface area contributed by atoms with Crippen LogP contribution in [0.3, 0.4) is 0 Å². The maximum atomic E-state index is 13.6. The van der Waals surface area contributed by atoms with Crippen molar-refractivity contribution in [2.24, 2.45) is 21.7 Å². The van der Waals surface area contributed by atoms with Crippen molar-refractivity contribution in [3.05, 3.63) is 45.8 Å². The molecule has 0 aliphatic heterocycles. The van der Waals surface area contributed by atoms with Gasteiger partial charge >= 0.3 is 23.9 Å². The Balaban J connectivity index is 3.00. The SMILES string of the molecule is CC(C)(C)c1cc2cc3c(cc2cc1C(C)(C)C)=C(C(=O)O)C(C(=O)O)(C(C)(C)C)C(C(=O)O)(C(C)(C)C)C=3C(=O)O. The first-order chi connectivity index (χ1) is 18.7. The van der Waals surface area contributed by atoms with E-state index in [0.29, 0.717) is 10.8 Å². The minimum Gasteiger partial charge on any atom is -0.481 e. The van der Waals surface area contributed by atoms with Gasteiger partial charge in [-0.2, -0.15) is 0 Å². The van der Waals surface area contributed by atoms with Crippen LogP contribution in [0.15, 0.2) is 24.3 Å². The highest BCUT2D eigenvalue weighted by Crippen LogP contribution is 2.67. The van der Waals surface area contributed by atoms with Crippen molar-refractivity contribution < 1.29 is 39.6 Å². The fourth-order valence-electron chi connectivity index (χ4n) is 7.39. The highest BCUT2D eigenvalue weighted by atomic mass is 16.4. The Morgan fingerprint density at radius 3 is 0.929 bits per heavy atom. The number of carboxylic acid groups (broad SMARTS) is 4. The predicted octanol–water partition coefficient (Wildman–Crippen LogP) is 5.15. The number of hydrogen-bond donors (Lipinski definition) is 4. The minimum atomic E-state index is -2.69. The first-order valence-electron chi connectivity index (χ1n) is 14.0. The lowest BCUT2D eigenvalue weighted by Gasteiger charge is -2.59. The standard InChI is InChI=1S/C34H44O8/c1-29(2,3)21-15-17-13-19-20(14-18(17)16-22(21)30(4,5)6)24(26(37)38)34(28(41)42,32(10,11)12)33(27(39)40,31(7,8)9)23(19)25(35)36/h13-16H,1-12H3,(H,35,36)(H,37,38)(H,39,40)(H,41,42). The van der Waals surface area contributed by atoms with E-state index in [2.05, 4.69) is 41.5 Å². The van der Waals surface area contributed by atoms with E-state index < -0.39 is 56.7 Å². The summed E-state index contributed by atoms with van der Waals surface area (Å²) in [6, 6.07) is 6.93. The molecule has 0 bridgehead atoms. The molecule has 0 aromatic heterocycles. The van der Waals surface area contributed by atoms with E-state index in [1.807, 2.05) is 12.1 Å². The van der Waals surface area contributed by atoms with Gasteiger partial charge in [0.05, 0.1) is 11.1 Å². The van der Waals surface area contributed by atoms with Crippen molar-refractivity contribution in [3.8, 4) is 0 Å². The molecule has 2 aromatic carbocycles. The van der Waals surface area contributed by atoms with Gasteiger partial charge in [-0.05, 0) is 66.1 Å². The van der Waals surface area contributed by atoms with Gasteiger partial charge in [-0.25, -0.2) is 9.59 Å². The number of hydrogen-bond acceptors (Lipinski definition) is 4. The van der Waals surface area contributed by atoms with Crippen LogP contribution < -0.4 is 10.4 Å². The Morgan fingerprint density at radius 1 is 0.500 bits per heavy atom. The predicted molar refractivity (Wildman–Crippen MR) is 162 cm³/mol. The molecule has 3 rings (SSSR count). The van der Waals surface area contributed by atoms with Gasteiger partial charge in [0.1, 0.15) is 10.8 Å². The lowest BCUT2D eigenvalue weighted by atomic mass is 9.39. The van der Waals surface area contributed by atoms with E-state index in [4.69, 9.17) is 0 Å². The van der Waals surface area contributed by atoms with E-state index in [0.717, 1.165) is 11.1 Å². The Kier molecular flexibility index (Phi) is 7.36. The zero-order chi connectivity index (χ0) is 32.8. The van der Waals surface area contributed by atoms with Gasteiger partial charge in [-0.1, -0.05) is 95.2 Å². The molecule has 0 saturated heterocycles. The molecule has 2 aromatic rings. The summed E-state index contributed by atoms with van der Waals surface area (Å²) in [6.07, 6.45) is 0. The van der Waals surface area contributed by atoms with Crippen molar-refractivity contribution in [2.45, 2.75) is 93.9 Å². The normalized spacial score (nSPS) is 21.7.